The van der Waals surface area contributed by atoms with Gasteiger partial charge in [0, 0.05) is 12.6 Å². The summed E-state index contributed by atoms with van der Waals surface area (Å²) in [5.41, 5.74) is 2.06. The van der Waals surface area contributed by atoms with E-state index in [0.717, 1.165) is 42.1 Å². The average Bonchev–Trinajstić information content (AvgIpc) is 3.02. The van der Waals surface area contributed by atoms with E-state index in [9.17, 15) is 0 Å². The van der Waals surface area contributed by atoms with Crippen LogP contribution in [0.3, 0.4) is 0 Å². The van der Waals surface area contributed by atoms with Crippen LogP contribution in [0.2, 0.25) is 0 Å². The van der Waals surface area contributed by atoms with Crippen LogP contribution >= 0.6 is 11.6 Å². The molecule has 0 radical (unpaired) electrons. The van der Waals surface area contributed by atoms with Crippen molar-refractivity contribution in [3.05, 3.63) is 24.0 Å². The molecule has 0 aliphatic carbocycles. The summed E-state index contributed by atoms with van der Waals surface area (Å²) in [4.78, 5) is 7.05. The van der Waals surface area contributed by atoms with Crippen molar-refractivity contribution in [1.29, 1.82) is 0 Å². The van der Waals surface area contributed by atoms with Crippen molar-refractivity contribution in [2.24, 2.45) is 0 Å². The highest BCUT2D eigenvalue weighted by atomic mass is 35.5. The Hall–Kier alpha value is -1.26. The third-order valence-electron chi connectivity index (χ3n) is 3.91. The maximum absolute atomic E-state index is 6.11. The zero-order valence-corrected chi connectivity index (χ0v) is 12.7. The number of alkyl halides is 1. The van der Waals surface area contributed by atoms with Gasteiger partial charge in [-0.1, -0.05) is 6.07 Å². The molecule has 0 bridgehead atoms. The number of para-hydroxylation sites is 1. The first-order valence-corrected chi connectivity index (χ1v) is 7.65. The molecule has 0 N–H and O–H groups in total. The summed E-state index contributed by atoms with van der Waals surface area (Å²) >= 11 is 6.11. The van der Waals surface area contributed by atoms with E-state index >= 15 is 0 Å². The number of benzene rings is 1. The molecule has 2 heterocycles. The van der Waals surface area contributed by atoms with Crippen LogP contribution in [0.4, 0.5) is 0 Å². The van der Waals surface area contributed by atoms with Gasteiger partial charge in [0.25, 0.3) is 0 Å². The Morgan fingerprint density at radius 3 is 2.95 bits per heavy atom. The highest BCUT2D eigenvalue weighted by Gasteiger charge is 2.25. The maximum Gasteiger partial charge on any atom is 0.147 e. The smallest absolute Gasteiger partial charge is 0.147 e. The molecule has 2 aromatic rings. The minimum absolute atomic E-state index is 0.431. The summed E-state index contributed by atoms with van der Waals surface area (Å²) < 4.78 is 7.99. The topological polar surface area (TPSA) is 30.3 Å². The second-order valence-electron chi connectivity index (χ2n) is 5.29. The number of hydrogen-bond acceptors (Lipinski definition) is 3. The zero-order valence-electron chi connectivity index (χ0n) is 12.0. The Balaban J connectivity index is 2.12. The predicted molar refractivity (Wildman–Crippen MR) is 81.6 cm³/mol. The first-order chi connectivity index (χ1) is 9.74. The second-order valence-corrected chi connectivity index (χ2v) is 5.56. The molecule has 1 fully saturated rings. The summed E-state index contributed by atoms with van der Waals surface area (Å²) in [5, 5.41) is 0. The zero-order chi connectivity index (χ0) is 14.1. The van der Waals surface area contributed by atoms with E-state index in [4.69, 9.17) is 21.3 Å². The number of halogens is 1. The Morgan fingerprint density at radius 2 is 2.30 bits per heavy atom. The lowest BCUT2D eigenvalue weighted by atomic mass is 10.2. The molecule has 4 nitrogen and oxygen atoms in total. The van der Waals surface area contributed by atoms with Crippen LogP contribution in [-0.2, 0) is 5.88 Å². The van der Waals surface area contributed by atoms with E-state index in [-0.39, 0.29) is 0 Å². The van der Waals surface area contributed by atoms with Gasteiger partial charge in [0.2, 0.25) is 0 Å². The SMILES string of the molecule is CCOc1cccc2c1nc(CCl)n2C1CCN(C)C1. The van der Waals surface area contributed by atoms with E-state index in [0.29, 0.717) is 18.5 Å². The molecule has 3 rings (SSSR count). The summed E-state index contributed by atoms with van der Waals surface area (Å²) in [7, 11) is 2.16. The first-order valence-electron chi connectivity index (χ1n) is 7.11. The van der Waals surface area contributed by atoms with Gasteiger partial charge in [-0.3, -0.25) is 0 Å². The molecule has 0 spiro atoms. The van der Waals surface area contributed by atoms with Gasteiger partial charge in [0.1, 0.15) is 17.1 Å². The van der Waals surface area contributed by atoms with Gasteiger partial charge >= 0.3 is 0 Å². The molecule has 1 unspecified atom stereocenters. The normalized spacial score (nSPS) is 19.9. The third-order valence-corrected chi connectivity index (χ3v) is 4.15. The number of fused-ring (bicyclic) bond motifs is 1. The number of imidazole rings is 1. The highest BCUT2D eigenvalue weighted by Crippen LogP contribution is 2.32. The molecule has 1 atom stereocenters. The van der Waals surface area contributed by atoms with E-state index in [2.05, 4.69) is 22.6 Å². The van der Waals surface area contributed by atoms with Gasteiger partial charge in [0.15, 0.2) is 0 Å². The predicted octanol–water partition coefficient (Wildman–Crippen LogP) is 3.05. The minimum Gasteiger partial charge on any atom is -0.492 e. The van der Waals surface area contributed by atoms with Gasteiger partial charge in [-0.15, -0.1) is 11.6 Å². The van der Waals surface area contributed by atoms with Crippen LogP contribution in [0.15, 0.2) is 18.2 Å². The highest BCUT2D eigenvalue weighted by molar-refractivity contribution is 6.16. The van der Waals surface area contributed by atoms with Crippen molar-refractivity contribution in [3.8, 4) is 5.75 Å². The van der Waals surface area contributed by atoms with Gasteiger partial charge in [-0.05, 0) is 39.1 Å². The van der Waals surface area contributed by atoms with E-state index in [1.807, 2.05) is 19.1 Å². The van der Waals surface area contributed by atoms with Gasteiger partial charge in [-0.2, -0.15) is 0 Å². The summed E-state index contributed by atoms with van der Waals surface area (Å²) in [5.74, 6) is 2.22. The number of rotatable bonds is 4. The third kappa shape index (κ3) is 2.27. The monoisotopic (exact) mass is 293 g/mol. The molecule has 20 heavy (non-hydrogen) atoms. The lowest BCUT2D eigenvalue weighted by Crippen LogP contribution is -2.17. The molecule has 108 valence electrons. The number of likely N-dealkylation sites (tertiary alicyclic amines) is 1. The molecule has 5 heteroatoms. The summed E-state index contributed by atoms with van der Waals surface area (Å²) in [6.45, 7) is 4.81. The molecule has 0 saturated carbocycles. The van der Waals surface area contributed by atoms with Crippen LogP contribution in [0.25, 0.3) is 11.0 Å². The minimum atomic E-state index is 0.431. The summed E-state index contributed by atoms with van der Waals surface area (Å²) in [6, 6.07) is 6.57. The molecular weight excluding hydrogens is 274 g/mol. The van der Waals surface area contributed by atoms with E-state index in [1.165, 1.54) is 0 Å². The molecule has 1 aliphatic rings. The largest absolute Gasteiger partial charge is 0.492 e. The van der Waals surface area contributed by atoms with Crippen molar-refractivity contribution >= 4 is 22.6 Å². The van der Waals surface area contributed by atoms with E-state index < -0.39 is 0 Å². The Bertz CT molecular complexity index is 610. The molecule has 0 amide bonds. The lowest BCUT2D eigenvalue weighted by Gasteiger charge is -2.16. The van der Waals surface area contributed by atoms with E-state index in [1.54, 1.807) is 0 Å². The Morgan fingerprint density at radius 1 is 1.45 bits per heavy atom. The molecular formula is C15H20ClN3O. The van der Waals surface area contributed by atoms with Crippen LogP contribution < -0.4 is 4.74 Å². The van der Waals surface area contributed by atoms with Crippen molar-refractivity contribution in [2.45, 2.75) is 25.3 Å². The van der Waals surface area contributed by atoms with Crippen molar-refractivity contribution in [3.63, 3.8) is 0 Å². The van der Waals surface area contributed by atoms with Gasteiger partial charge in [-0.25, -0.2) is 4.98 Å². The van der Waals surface area contributed by atoms with Gasteiger partial charge < -0.3 is 14.2 Å². The molecule has 1 aromatic carbocycles. The molecule has 1 aromatic heterocycles. The molecule has 1 saturated heterocycles. The fourth-order valence-corrected chi connectivity index (χ4v) is 3.22. The average molecular weight is 294 g/mol. The number of aromatic nitrogens is 2. The number of likely N-dealkylation sites (N-methyl/N-ethyl adjacent to an activating group) is 1. The van der Waals surface area contributed by atoms with Crippen LogP contribution in [0, 0.1) is 0 Å². The van der Waals surface area contributed by atoms with Crippen molar-refractivity contribution < 1.29 is 4.74 Å². The van der Waals surface area contributed by atoms with Crippen LogP contribution in [0.5, 0.6) is 5.75 Å². The van der Waals surface area contributed by atoms with Crippen LogP contribution in [0.1, 0.15) is 25.2 Å². The van der Waals surface area contributed by atoms with Crippen molar-refractivity contribution in [1.82, 2.24) is 14.5 Å². The maximum atomic E-state index is 6.11. The quantitative estimate of drug-likeness (QED) is 0.812. The number of nitrogens with zero attached hydrogens (tertiary/aromatic N) is 3. The fourth-order valence-electron chi connectivity index (χ4n) is 3.04. The molecule has 1 aliphatic heterocycles. The number of ether oxygens (including phenoxy) is 1. The van der Waals surface area contributed by atoms with Gasteiger partial charge in [0.05, 0.1) is 18.0 Å². The fraction of sp³-hybridized carbons (Fsp3) is 0.533. The number of hydrogen-bond donors (Lipinski definition) is 0. The Labute approximate surface area is 124 Å². The Kier molecular flexibility index (Phi) is 3.85. The second kappa shape index (κ2) is 5.62. The van der Waals surface area contributed by atoms with Crippen LogP contribution in [-0.4, -0.2) is 41.2 Å². The standard InChI is InChI=1S/C15H20ClN3O/c1-3-20-13-6-4-5-12-15(13)17-14(9-16)19(12)11-7-8-18(2)10-11/h4-6,11H,3,7-10H2,1-2H3. The summed E-state index contributed by atoms with van der Waals surface area (Å²) in [6.07, 6.45) is 1.14. The first kappa shape index (κ1) is 13.7. The van der Waals surface area contributed by atoms with Crippen molar-refractivity contribution in [2.75, 3.05) is 26.7 Å². The lowest BCUT2D eigenvalue weighted by molar-refractivity contribution is 0.343.